The zero-order valence-corrected chi connectivity index (χ0v) is 18.6. The first-order chi connectivity index (χ1) is 14.9. The van der Waals surface area contributed by atoms with E-state index in [9.17, 15) is 8.42 Å². The Morgan fingerprint density at radius 2 is 1.71 bits per heavy atom. The van der Waals surface area contributed by atoms with Crippen LogP contribution in [-0.2, 0) is 10.0 Å². The zero-order chi connectivity index (χ0) is 22.2. The Hall–Kier alpha value is -3.20. The number of methoxy groups -OCH3 is 3. The predicted molar refractivity (Wildman–Crippen MR) is 116 cm³/mol. The van der Waals surface area contributed by atoms with Crippen LogP contribution in [0, 0.1) is 6.92 Å². The summed E-state index contributed by atoms with van der Waals surface area (Å²) in [6, 6.07) is 8.24. The molecule has 0 spiro atoms. The summed E-state index contributed by atoms with van der Waals surface area (Å²) in [4.78, 5) is 4.46. The number of aromatic nitrogens is 1. The number of hydrogen-bond donors (Lipinski definition) is 1. The molecule has 4 rings (SSSR count). The fourth-order valence-corrected chi connectivity index (χ4v) is 4.65. The summed E-state index contributed by atoms with van der Waals surface area (Å²) < 4.78 is 50.8. The van der Waals surface area contributed by atoms with Gasteiger partial charge in [0.05, 0.1) is 38.1 Å². The van der Waals surface area contributed by atoms with Gasteiger partial charge < -0.3 is 18.6 Å². The van der Waals surface area contributed by atoms with E-state index in [1.807, 2.05) is 6.07 Å². The van der Waals surface area contributed by atoms with Crippen LogP contribution < -0.4 is 18.9 Å². The molecule has 1 N–H and O–H groups in total. The topological polar surface area (TPSA) is 99.9 Å². The van der Waals surface area contributed by atoms with Crippen molar-refractivity contribution in [3.63, 3.8) is 0 Å². The highest BCUT2D eigenvalue weighted by molar-refractivity contribution is 7.92. The van der Waals surface area contributed by atoms with Crippen molar-refractivity contribution in [2.75, 3.05) is 26.1 Å². The fourth-order valence-electron chi connectivity index (χ4n) is 3.33. The molecule has 1 aliphatic rings. The average molecular weight is 445 g/mol. The Kier molecular flexibility index (Phi) is 5.53. The first-order valence-corrected chi connectivity index (χ1v) is 11.2. The van der Waals surface area contributed by atoms with Gasteiger partial charge in [0, 0.05) is 23.6 Å². The van der Waals surface area contributed by atoms with Gasteiger partial charge in [-0.05, 0) is 31.4 Å². The summed E-state index contributed by atoms with van der Waals surface area (Å²) in [6.45, 7) is 1.74. The summed E-state index contributed by atoms with van der Waals surface area (Å²) in [5.41, 5.74) is 1.54. The molecule has 1 heterocycles. The van der Waals surface area contributed by atoms with Crippen LogP contribution in [0.25, 0.3) is 11.3 Å². The quantitative estimate of drug-likeness (QED) is 0.551. The van der Waals surface area contributed by atoms with Gasteiger partial charge in [-0.2, -0.15) is 0 Å². The second-order valence-corrected chi connectivity index (χ2v) is 8.99. The lowest BCUT2D eigenvalue weighted by Gasteiger charge is -2.16. The Morgan fingerprint density at radius 3 is 2.29 bits per heavy atom. The average Bonchev–Trinajstić information content (AvgIpc) is 3.49. The second kappa shape index (κ2) is 8.14. The molecule has 0 amide bonds. The van der Waals surface area contributed by atoms with E-state index in [1.54, 1.807) is 25.3 Å². The molecule has 0 bridgehead atoms. The van der Waals surface area contributed by atoms with Gasteiger partial charge >= 0.3 is 0 Å². The van der Waals surface area contributed by atoms with E-state index in [0.29, 0.717) is 45.9 Å². The normalized spacial score (nSPS) is 13.7. The second-order valence-electron chi connectivity index (χ2n) is 7.34. The number of nitrogens with one attached hydrogen (secondary N) is 1. The molecule has 3 aromatic rings. The minimum Gasteiger partial charge on any atom is -0.493 e. The van der Waals surface area contributed by atoms with Gasteiger partial charge in [-0.15, -0.1) is 0 Å². The molecular weight excluding hydrogens is 420 g/mol. The predicted octanol–water partition coefficient (Wildman–Crippen LogP) is 4.35. The molecule has 0 unspecified atom stereocenters. The van der Waals surface area contributed by atoms with Crippen LogP contribution >= 0.6 is 0 Å². The van der Waals surface area contributed by atoms with E-state index in [0.717, 1.165) is 12.8 Å². The van der Waals surface area contributed by atoms with Gasteiger partial charge in [0.15, 0.2) is 23.1 Å². The number of anilines is 1. The Labute approximate surface area is 181 Å². The van der Waals surface area contributed by atoms with Crippen LogP contribution in [0.2, 0.25) is 0 Å². The Morgan fingerprint density at radius 1 is 1.03 bits per heavy atom. The molecule has 2 aromatic carbocycles. The van der Waals surface area contributed by atoms with Crippen LogP contribution in [0.3, 0.4) is 0 Å². The standard InChI is InChI=1S/C22H24N2O6S/c1-13-5-6-15(19-12-23-22(30-19)14-7-8-14)9-20(13)31(25,26)24-16-10-17(27-2)21(29-4)18(11-16)28-3/h5-6,9-12,14,24H,7-8H2,1-4H3. The van der Waals surface area contributed by atoms with E-state index in [1.165, 1.54) is 33.5 Å². The lowest BCUT2D eigenvalue weighted by atomic mass is 10.1. The van der Waals surface area contributed by atoms with Crippen molar-refractivity contribution in [1.29, 1.82) is 0 Å². The first-order valence-electron chi connectivity index (χ1n) is 9.76. The van der Waals surface area contributed by atoms with Gasteiger partial charge in [0.1, 0.15) is 0 Å². The van der Waals surface area contributed by atoms with Crippen molar-refractivity contribution in [1.82, 2.24) is 4.98 Å². The molecule has 1 saturated carbocycles. The Balaban J connectivity index is 1.68. The summed E-state index contributed by atoms with van der Waals surface area (Å²) in [7, 11) is 0.516. The van der Waals surface area contributed by atoms with Crippen molar-refractivity contribution in [2.45, 2.75) is 30.6 Å². The van der Waals surface area contributed by atoms with Crippen LogP contribution in [0.15, 0.2) is 45.8 Å². The number of sulfonamides is 1. The maximum atomic E-state index is 13.2. The highest BCUT2D eigenvalue weighted by Crippen LogP contribution is 2.42. The minimum absolute atomic E-state index is 0.142. The summed E-state index contributed by atoms with van der Waals surface area (Å²) >= 11 is 0. The van der Waals surface area contributed by atoms with Crippen molar-refractivity contribution >= 4 is 15.7 Å². The van der Waals surface area contributed by atoms with E-state index >= 15 is 0 Å². The number of rotatable bonds is 8. The third kappa shape index (κ3) is 4.18. The molecule has 0 radical (unpaired) electrons. The Bertz CT molecular complexity index is 1190. The van der Waals surface area contributed by atoms with E-state index in [-0.39, 0.29) is 10.6 Å². The number of nitrogens with zero attached hydrogens (tertiary/aromatic N) is 1. The lowest BCUT2D eigenvalue weighted by molar-refractivity contribution is 0.325. The largest absolute Gasteiger partial charge is 0.493 e. The number of aryl methyl sites for hydroxylation is 1. The van der Waals surface area contributed by atoms with Crippen molar-refractivity contribution in [2.24, 2.45) is 0 Å². The maximum Gasteiger partial charge on any atom is 0.262 e. The SMILES string of the molecule is COc1cc(NS(=O)(=O)c2cc(-c3cnc(C4CC4)o3)ccc2C)cc(OC)c1OC. The third-order valence-corrected chi connectivity index (χ3v) is 6.65. The first kappa shape index (κ1) is 21.0. The highest BCUT2D eigenvalue weighted by atomic mass is 32.2. The lowest BCUT2D eigenvalue weighted by Crippen LogP contribution is -2.14. The highest BCUT2D eigenvalue weighted by Gasteiger charge is 2.29. The maximum absolute atomic E-state index is 13.2. The number of ether oxygens (including phenoxy) is 3. The molecule has 0 saturated heterocycles. The van der Waals surface area contributed by atoms with Gasteiger partial charge in [-0.1, -0.05) is 12.1 Å². The summed E-state index contributed by atoms with van der Waals surface area (Å²) in [5, 5.41) is 0. The third-order valence-electron chi connectivity index (χ3n) is 5.13. The van der Waals surface area contributed by atoms with Crippen LogP contribution in [-0.4, -0.2) is 34.7 Å². The van der Waals surface area contributed by atoms with E-state index in [2.05, 4.69) is 9.71 Å². The monoisotopic (exact) mass is 444 g/mol. The van der Waals surface area contributed by atoms with E-state index < -0.39 is 10.0 Å². The minimum atomic E-state index is -3.91. The molecule has 1 aromatic heterocycles. The van der Waals surface area contributed by atoms with Crippen LogP contribution in [0.1, 0.15) is 30.2 Å². The van der Waals surface area contributed by atoms with Crippen molar-refractivity contribution in [3.05, 3.63) is 48.0 Å². The zero-order valence-electron chi connectivity index (χ0n) is 17.8. The van der Waals surface area contributed by atoms with Gasteiger partial charge in [-0.3, -0.25) is 4.72 Å². The van der Waals surface area contributed by atoms with Gasteiger partial charge in [-0.25, -0.2) is 13.4 Å². The molecule has 1 fully saturated rings. The summed E-state index contributed by atoms with van der Waals surface area (Å²) in [5.74, 6) is 2.70. The molecular formula is C22H24N2O6S. The molecule has 0 atom stereocenters. The smallest absolute Gasteiger partial charge is 0.262 e. The van der Waals surface area contributed by atoms with Crippen LogP contribution in [0.5, 0.6) is 17.2 Å². The van der Waals surface area contributed by atoms with Crippen molar-refractivity contribution < 1.29 is 27.0 Å². The molecule has 164 valence electrons. The molecule has 8 nitrogen and oxygen atoms in total. The van der Waals surface area contributed by atoms with Crippen LogP contribution in [0.4, 0.5) is 5.69 Å². The van der Waals surface area contributed by atoms with Gasteiger partial charge in [0.2, 0.25) is 5.75 Å². The fraction of sp³-hybridized carbons (Fsp3) is 0.318. The molecule has 9 heteroatoms. The molecule has 1 aliphatic carbocycles. The van der Waals surface area contributed by atoms with Crippen molar-refractivity contribution in [3.8, 4) is 28.6 Å². The summed E-state index contributed by atoms with van der Waals surface area (Å²) in [6.07, 6.45) is 3.79. The number of benzene rings is 2. The van der Waals surface area contributed by atoms with E-state index in [4.69, 9.17) is 18.6 Å². The molecule has 31 heavy (non-hydrogen) atoms. The number of oxazole rings is 1. The molecule has 0 aliphatic heterocycles. The number of hydrogen-bond acceptors (Lipinski definition) is 7. The van der Waals surface area contributed by atoms with Gasteiger partial charge in [0.25, 0.3) is 10.0 Å².